The molecule has 1 aliphatic rings. The minimum atomic E-state index is 0.0150. The molecule has 0 bridgehead atoms. The first-order valence-corrected chi connectivity index (χ1v) is 6.78. The third-order valence-electron chi connectivity index (χ3n) is 3.71. The van der Waals surface area contributed by atoms with E-state index in [1.807, 2.05) is 4.90 Å². The van der Waals surface area contributed by atoms with Crippen molar-refractivity contribution < 1.29 is 13.7 Å². The number of amides is 1. The van der Waals surface area contributed by atoms with Crippen LogP contribution >= 0.6 is 0 Å². The molecule has 0 spiro atoms. The number of hydrogen-bond acceptors (Lipinski definition) is 5. The molecule has 0 N–H and O–H groups in total. The van der Waals surface area contributed by atoms with E-state index in [0.717, 1.165) is 19.4 Å². The van der Waals surface area contributed by atoms with Gasteiger partial charge < -0.3 is 13.8 Å². The maximum atomic E-state index is 12.5. The van der Waals surface area contributed by atoms with Crippen molar-refractivity contribution in [3.63, 3.8) is 0 Å². The molecule has 1 aliphatic heterocycles. The summed E-state index contributed by atoms with van der Waals surface area (Å²) in [6.07, 6.45) is 3.47. The summed E-state index contributed by atoms with van der Waals surface area (Å²) >= 11 is 0. The van der Waals surface area contributed by atoms with Crippen LogP contribution in [0.1, 0.15) is 46.6 Å². The number of furan rings is 1. The second-order valence-corrected chi connectivity index (χ2v) is 5.15. The van der Waals surface area contributed by atoms with Gasteiger partial charge in [0.25, 0.3) is 5.91 Å². The van der Waals surface area contributed by atoms with Crippen molar-refractivity contribution in [3.05, 3.63) is 35.4 Å². The zero-order valence-corrected chi connectivity index (χ0v) is 11.6. The fraction of sp³-hybridized carbons (Fsp3) is 0.500. The smallest absolute Gasteiger partial charge is 0.257 e. The third-order valence-corrected chi connectivity index (χ3v) is 3.71. The van der Waals surface area contributed by atoms with Gasteiger partial charge in [-0.3, -0.25) is 4.79 Å². The molecule has 6 nitrogen and oxygen atoms in total. The molecule has 0 radical (unpaired) electrons. The summed E-state index contributed by atoms with van der Waals surface area (Å²) < 4.78 is 10.2. The number of piperidine rings is 1. The first-order valence-electron chi connectivity index (χ1n) is 6.78. The van der Waals surface area contributed by atoms with E-state index >= 15 is 0 Å². The lowest BCUT2D eigenvalue weighted by Crippen LogP contribution is -2.39. The molecular formula is C14H17N3O3. The highest BCUT2D eigenvalue weighted by Gasteiger charge is 2.29. The van der Waals surface area contributed by atoms with Crippen molar-refractivity contribution in [2.24, 2.45) is 0 Å². The van der Waals surface area contributed by atoms with E-state index in [0.29, 0.717) is 29.6 Å². The van der Waals surface area contributed by atoms with E-state index in [2.05, 4.69) is 10.1 Å². The predicted octanol–water partition coefficient (Wildman–Crippen LogP) is 2.30. The largest absolute Gasteiger partial charge is 0.469 e. The Bertz CT molecular complexity index is 617. The fourth-order valence-corrected chi connectivity index (χ4v) is 2.63. The number of aromatic nitrogens is 2. The van der Waals surface area contributed by atoms with Crippen LogP contribution < -0.4 is 0 Å². The van der Waals surface area contributed by atoms with Gasteiger partial charge in [0.05, 0.1) is 11.8 Å². The maximum Gasteiger partial charge on any atom is 0.257 e. The quantitative estimate of drug-likeness (QED) is 0.840. The molecule has 106 valence electrons. The Kier molecular flexibility index (Phi) is 3.30. The Morgan fingerprint density at radius 3 is 2.95 bits per heavy atom. The van der Waals surface area contributed by atoms with Gasteiger partial charge in [-0.2, -0.15) is 4.98 Å². The van der Waals surface area contributed by atoms with E-state index < -0.39 is 0 Å². The molecule has 1 amide bonds. The van der Waals surface area contributed by atoms with Crippen molar-refractivity contribution in [1.29, 1.82) is 0 Å². The van der Waals surface area contributed by atoms with Gasteiger partial charge in [-0.15, -0.1) is 0 Å². The Morgan fingerprint density at radius 2 is 2.30 bits per heavy atom. The van der Waals surface area contributed by atoms with E-state index in [4.69, 9.17) is 8.94 Å². The molecule has 0 aromatic carbocycles. The summed E-state index contributed by atoms with van der Waals surface area (Å²) in [6, 6.07) is 1.72. The average molecular weight is 275 g/mol. The zero-order valence-electron chi connectivity index (χ0n) is 11.6. The number of carbonyl (C=O) groups excluding carboxylic acids is 1. The average Bonchev–Trinajstić information content (AvgIpc) is 3.07. The van der Waals surface area contributed by atoms with E-state index in [1.54, 1.807) is 26.2 Å². The lowest BCUT2D eigenvalue weighted by Gasteiger charge is -2.31. The Hall–Kier alpha value is -2.11. The Balaban J connectivity index is 1.75. The predicted molar refractivity (Wildman–Crippen MR) is 70.4 cm³/mol. The molecule has 2 aromatic rings. The van der Waals surface area contributed by atoms with Crippen molar-refractivity contribution in [1.82, 2.24) is 15.0 Å². The molecule has 3 rings (SSSR count). The number of hydrogen-bond donors (Lipinski definition) is 0. The van der Waals surface area contributed by atoms with Crippen LogP contribution in [0.25, 0.3) is 0 Å². The summed E-state index contributed by atoms with van der Waals surface area (Å²) in [5.41, 5.74) is 0.634. The third kappa shape index (κ3) is 2.33. The van der Waals surface area contributed by atoms with Crippen LogP contribution in [-0.4, -0.2) is 34.0 Å². The fourth-order valence-electron chi connectivity index (χ4n) is 2.63. The van der Waals surface area contributed by atoms with Crippen LogP contribution in [0.5, 0.6) is 0 Å². The summed E-state index contributed by atoms with van der Waals surface area (Å²) in [4.78, 5) is 18.6. The molecule has 1 fully saturated rings. The molecule has 0 aliphatic carbocycles. The number of carbonyl (C=O) groups is 1. The van der Waals surface area contributed by atoms with Crippen molar-refractivity contribution in [2.45, 2.75) is 32.6 Å². The molecule has 1 saturated heterocycles. The van der Waals surface area contributed by atoms with Gasteiger partial charge in [-0.05, 0) is 25.8 Å². The minimum Gasteiger partial charge on any atom is -0.469 e. The van der Waals surface area contributed by atoms with Crippen LogP contribution in [0.3, 0.4) is 0 Å². The van der Waals surface area contributed by atoms with Crippen LogP contribution in [0.4, 0.5) is 0 Å². The molecule has 1 atom stereocenters. The van der Waals surface area contributed by atoms with Gasteiger partial charge in [0.1, 0.15) is 5.76 Å². The second-order valence-electron chi connectivity index (χ2n) is 5.15. The van der Waals surface area contributed by atoms with Gasteiger partial charge in [-0.1, -0.05) is 5.16 Å². The topological polar surface area (TPSA) is 72.4 Å². The highest BCUT2D eigenvalue weighted by Crippen LogP contribution is 2.26. The van der Waals surface area contributed by atoms with Gasteiger partial charge in [0.2, 0.25) is 5.89 Å². The van der Waals surface area contributed by atoms with E-state index in [1.165, 1.54) is 0 Å². The zero-order chi connectivity index (χ0) is 14.1. The summed E-state index contributed by atoms with van der Waals surface area (Å²) in [7, 11) is 0. The number of nitrogens with zero attached hydrogens (tertiary/aromatic N) is 3. The lowest BCUT2D eigenvalue weighted by atomic mass is 9.97. The highest BCUT2D eigenvalue weighted by molar-refractivity contribution is 5.95. The Labute approximate surface area is 116 Å². The first kappa shape index (κ1) is 12.9. The summed E-state index contributed by atoms with van der Waals surface area (Å²) in [5, 5.41) is 3.97. The summed E-state index contributed by atoms with van der Waals surface area (Å²) in [5.74, 6) is 2.09. The van der Waals surface area contributed by atoms with Gasteiger partial charge in [-0.25, -0.2) is 0 Å². The number of rotatable bonds is 2. The minimum absolute atomic E-state index is 0.0150. The van der Waals surface area contributed by atoms with Gasteiger partial charge in [0.15, 0.2) is 5.82 Å². The first-order chi connectivity index (χ1) is 9.65. The Morgan fingerprint density at radius 1 is 1.45 bits per heavy atom. The molecule has 20 heavy (non-hydrogen) atoms. The van der Waals surface area contributed by atoms with Crippen molar-refractivity contribution in [3.8, 4) is 0 Å². The molecule has 0 saturated carbocycles. The van der Waals surface area contributed by atoms with Crippen LogP contribution in [-0.2, 0) is 0 Å². The number of aryl methyl sites for hydroxylation is 2. The van der Waals surface area contributed by atoms with E-state index in [9.17, 15) is 4.79 Å². The normalized spacial score (nSPS) is 19.3. The molecule has 2 aromatic heterocycles. The van der Waals surface area contributed by atoms with Crippen molar-refractivity contribution in [2.75, 3.05) is 13.1 Å². The van der Waals surface area contributed by atoms with Crippen molar-refractivity contribution >= 4 is 5.91 Å². The molecule has 0 unspecified atom stereocenters. The van der Waals surface area contributed by atoms with Crippen LogP contribution in [0, 0.1) is 13.8 Å². The summed E-state index contributed by atoms with van der Waals surface area (Å²) in [6.45, 7) is 4.97. The van der Waals surface area contributed by atoms with Gasteiger partial charge >= 0.3 is 0 Å². The molecular weight excluding hydrogens is 258 g/mol. The maximum absolute atomic E-state index is 12.5. The number of likely N-dealkylation sites (tertiary alicyclic amines) is 1. The van der Waals surface area contributed by atoms with E-state index in [-0.39, 0.29) is 11.8 Å². The standard InChI is InChI=1S/C14H17N3O3/c1-9-12(5-7-19-9)14(18)17-6-3-4-11(8-17)13-15-10(2)20-16-13/h5,7,11H,3-4,6,8H2,1-2H3/t11-/m0/s1. The second kappa shape index (κ2) is 5.11. The SMILES string of the molecule is Cc1nc([C@H]2CCCN(C(=O)c3ccoc3C)C2)no1. The highest BCUT2D eigenvalue weighted by atomic mass is 16.5. The molecule has 3 heterocycles. The van der Waals surface area contributed by atoms with Crippen LogP contribution in [0.15, 0.2) is 21.3 Å². The molecule has 6 heteroatoms. The van der Waals surface area contributed by atoms with Gasteiger partial charge in [0, 0.05) is 25.9 Å². The van der Waals surface area contributed by atoms with Crippen LogP contribution in [0.2, 0.25) is 0 Å². The monoisotopic (exact) mass is 275 g/mol. The lowest BCUT2D eigenvalue weighted by molar-refractivity contribution is 0.0702.